The number of alkyl halides is 3. The van der Waals surface area contributed by atoms with Crippen molar-refractivity contribution in [1.82, 2.24) is 20.4 Å². The third-order valence-corrected chi connectivity index (χ3v) is 5.30. The number of nitrogens with one attached hydrogen (secondary N) is 2. The van der Waals surface area contributed by atoms with Crippen LogP contribution in [-0.4, -0.2) is 53.3 Å². The Morgan fingerprint density at radius 2 is 2.10 bits per heavy atom. The summed E-state index contributed by atoms with van der Waals surface area (Å²) in [6.45, 7) is 4.74. The largest absolute Gasteiger partial charge is 0.490 e. The van der Waals surface area contributed by atoms with Gasteiger partial charge in [-0.15, -0.1) is 0 Å². The van der Waals surface area contributed by atoms with Crippen molar-refractivity contribution in [2.45, 2.75) is 38.5 Å². The highest BCUT2D eigenvalue weighted by atomic mass is 35.5. The number of nitrogens with zero attached hydrogens (tertiary/aromatic N) is 2. The van der Waals surface area contributed by atoms with E-state index in [0.717, 1.165) is 50.0 Å². The summed E-state index contributed by atoms with van der Waals surface area (Å²) in [6.07, 6.45) is -1.18. The lowest BCUT2D eigenvalue weighted by atomic mass is 10.1. The fourth-order valence-electron chi connectivity index (χ4n) is 3.45. The Kier molecular flexibility index (Phi) is 7.25. The standard InChI is InChI=1S/C20H24ClF3N4O2/c1-13-11-14(21)3-4-17(13)30-15-5-9-28(10-6-15)8-2-7-25-19(29)16-12-26-27-18(16)20(22,23)24/h3-4,11-12,15H,2,5-10H2,1H3,(H,25,29)(H,26,27). The van der Waals surface area contributed by atoms with Crippen LogP contribution < -0.4 is 10.1 Å². The number of rotatable bonds is 7. The molecule has 3 rings (SSSR count). The number of piperidine rings is 1. The van der Waals surface area contributed by atoms with E-state index in [2.05, 4.69) is 15.3 Å². The molecule has 2 N–H and O–H groups in total. The average Bonchev–Trinajstić information content (AvgIpc) is 3.19. The molecule has 0 radical (unpaired) electrons. The molecule has 0 unspecified atom stereocenters. The van der Waals surface area contributed by atoms with Crippen molar-refractivity contribution in [2.24, 2.45) is 0 Å². The van der Waals surface area contributed by atoms with Gasteiger partial charge in [-0.1, -0.05) is 11.6 Å². The number of carbonyl (C=O) groups is 1. The molecule has 2 aromatic rings. The summed E-state index contributed by atoms with van der Waals surface area (Å²) in [7, 11) is 0. The van der Waals surface area contributed by atoms with Gasteiger partial charge in [0.1, 0.15) is 11.9 Å². The second-order valence-corrected chi connectivity index (χ2v) is 7.77. The number of amides is 1. The van der Waals surface area contributed by atoms with Crippen LogP contribution in [0.1, 0.15) is 40.9 Å². The van der Waals surface area contributed by atoms with Crippen molar-refractivity contribution in [3.05, 3.63) is 46.2 Å². The predicted molar refractivity (Wildman–Crippen MR) is 107 cm³/mol. The van der Waals surface area contributed by atoms with E-state index in [9.17, 15) is 18.0 Å². The fraction of sp³-hybridized carbons (Fsp3) is 0.500. The van der Waals surface area contributed by atoms with Gasteiger partial charge in [0.2, 0.25) is 0 Å². The van der Waals surface area contributed by atoms with Gasteiger partial charge in [0, 0.05) is 24.7 Å². The van der Waals surface area contributed by atoms with Gasteiger partial charge < -0.3 is 15.0 Å². The Labute approximate surface area is 177 Å². The molecule has 0 atom stereocenters. The van der Waals surface area contributed by atoms with E-state index in [0.29, 0.717) is 18.0 Å². The minimum absolute atomic E-state index is 0.141. The first-order valence-electron chi connectivity index (χ1n) is 9.78. The third kappa shape index (κ3) is 5.89. The van der Waals surface area contributed by atoms with Crippen molar-refractivity contribution in [2.75, 3.05) is 26.2 Å². The molecule has 30 heavy (non-hydrogen) atoms. The molecular weight excluding hydrogens is 421 g/mol. The van der Waals surface area contributed by atoms with Gasteiger partial charge in [0.15, 0.2) is 5.69 Å². The summed E-state index contributed by atoms with van der Waals surface area (Å²) >= 11 is 5.97. The number of ether oxygens (including phenoxy) is 1. The number of likely N-dealkylation sites (tertiary alicyclic amines) is 1. The number of aromatic amines is 1. The van der Waals surface area contributed by atoms with Crippen LogP contribution in [0.4, 0.5) is 13.2 Å². The summed E-state index contributed by atoms with van der Waals surface area (Å²) in [5.41, 5.74) is -0.608. The van der Waals surface area contributed by atoms with Gasteiger partial charge in [-0.3, -0.25) is 9.89 Å². The molecule has 0 aliphatic carbocycles. The summed E-state index contributed by atoms with van der Waals surface area (Å²) in [4.78, 5) is 14.2. The lowest BCUT2D eigenvalue weighted by Gasteiger charge is -2.32. The molecular formula is C20H24ClF3N4O2. The summed E-state index contributed by atoms with van der Waals surface area (Å²) in [5, 5.41) is 8.37. The quantitative estimate of drug-likeness (QED) is 0.632. The molecule has 6 nitrogen and oxygen atoms in total. The topological polar surface area (TPSA) is 70.2 Å². The number of H-pyrrole nitrogens is 1. The lowest BCUT2D eigenvalue weighted by Crippen LogP contribution is -2.39. The number of hydrogen-bond acceptors (Lipinski definition) is 4. The van der Waals surface area contributed by atoms with E-state index in [4.69, 9.17) is 16.3 Å². The highest BCUT2D eigenvalue weighted by Crippen LogP contribution is 2.30. The molecule has 1 aliphatic rings. The second-order valence-electron chi connectivity index (χ2n) is 7.33. The maximum Gasteiger partial charge on any atom is 0.433 e. The Balaban J connectivity index is 1.36. The number of halogens is 4. The molecule has 1 aromatic carbocycles. The van der Waals surface area contributed by atoms with Crippen molar-refractivity contribution < 1.29 is 22.7 Å². The minimum Gasteiger partial charge on any atom is -0.490 e. The zero-order valence-corrected chi connectivity index (χ0v) is 17.3. The summed E-state index contributed by atoms with van der Waals surface area (Å²) < 4.78 is 44.5. The molecule has 164 valence electrons. The molecule has 1 fully saturated rings. The van der Waals surface area contributed by atoms with Crippen molar-refractivity contribution in [3.8, 4) is 5.75 Å². The number of benzene rings is 1. The Morgan fingerprint density at radius 3 is 2.77 bits per heavy atom. The van der Waals surface area contributed by atoms with Gasteiger partial charge in [0.05, 0.1) is 11.8 Å². The first kappa shape index (κ1) is 22.4. The molecule has 2 heterocycles. The predicted octanol–water partition coefficient (Wildman–Crippen LogP) is 4.05. The monoisotopic (exact) mass is 444 g/mol. The molecule has 1 amide bonds. The number of hydrogen-bond donors (Lipinski definition) is 2. The number of aromatic nitrogens is 2. The lowest BCUT2D eigenvalue weighted by molar-refractivity contribution is -0.141. The van der Waals surface area contributed by atoms with Crippen molar-refractivity contribution in [1.29, 1.82) is 0 Å². The van der Waals surface area contributed by atoms with E-state index < -0.39 is 23.3 Å². The van der Waals surface area contributed by atoms with Crippen LogP contribution in [0, 0.1) is 6.92 Å². The highest BCUT2D eigenvalue weighted by molar-refractivity contribution is 6.30. The Morgan fingerprint density at radius 1 is 1.37 bits per heavy atom. The van der Waals surface area contributed by atoms with E-state index in [1.165, 1.54) is 0 Å². The maximum atomic E-state index is 12.8. The van der Waals surface area contributed by atoms with Gasteiger partial charge in [0.25, 0.3) is 5.91 Å². The molecule has 0 saturated carbocycles. The van der Waals surface area contributed by atoms with Crippen LogP contribution in [0.2, 0.25) is 5.02 Å². The van der Waals surface area contributed by atoms with Gasteiger partial charge >= 0.3 is 6.18 Å². The first-order valence-corrected chi connectivity index (χ1v) is 10.2. The van der Waals surface area contributed by atoms with Gasteiger partial charge in [-0.05, 0) is 56.5 Å². The smallest absolute Gasteiger partial charge is 0.433 e. The van der Waals surface area contributed by atoms with E-state index in [1.54, 1.807) is 0 Å². The maximum absolute atomic E-state index is 12.8. The molecule has 1 saturated heterocycles. The van der Waals surface area contributed by atoms with Crippen molar-refractivity contribution >= 4 is 17.5 Å². The Bertz CT molecular complexity index is 864. The Hall–Kier alpha value is -2.26. The third-order valence-electron chi connectivity index (χ3n) is 5.07. The molecule has 10 heteroatoms. The van der Waals surface area contributed by atoms with Crippen LogP contribution >= 0.6 is 11.6 Å². The van der Waals surface area contributed by atoms with Gasteiger partial charge in [-0.25, -0.2) is 0 Å². The zero-order chi connectivity index (χ0) is 21.7. The van der Waals surface area contributed by atoms with Crippen LogP contribution in [-0.2, 0) is 6.18 Å². The second kappa shape index (κ2) is 9.70. The fourth-order valence-corrected chi connectivity index (χ4v) is 3.68. The van der Waals surface area contributed by atoms with Crippen LogP contribution in [0.3, 0.4) is 0 Å². The van der Waals surface area contributed by atoms with Gasteiger partial charge in [-0.2, -0.15) is 18.3 Å². The molecule has 0 bridgehead atoms. The van der Waals surface area contributed by atoms with E-state index in [1.807, 2.05) is 30.2 Å². The zero-order valence-electron chi connectivity index (χ0n) is 16.6. The highest BCUT2D eigenvalue weighted by Gasteiger charge is 2.37. The summed E-state index contributed by atoms with van der Waals surface area (Å²) in [6, 6.07) is 5.58. The van der Waals surface area contributed by atoms with Crippen LogP contribution in [0.5, 0.6) is 5.75 Å². The molecule has 1 aromatic heterocycles. The SMILES string of the molecule is Cc1cc(Cl)ccc1OC1CCN(CCCNC(=O)c2cn[nH]c2C(F)(F)F)CC1. The first-order chi connectivity index (χ1) is 14.2. The number of aryl methyl sites for hydroxylation is 1. The molecule has 0 spiro atoms. The van der Waals surface area contributed by atoms with Crippen LogP contribution in [0.15, 0.2) is 24.4 Å². The van der Waals surface area contributed by atoms with E-state index in [-0.39, 0.29) is 6.10 Å². The van der Waals surface area contributed by atoms with Crippen molar-refractivity contribution in [3.63, 3.8) is 0 Å². The normalized spacial score (nSPS) is 15.9. The van der Waals surface area contributed by atoms with E-state index >= 15 is 0 Å². The van der Waals surface area contributed by atoms with Crippen LogP contribution in [0.25, 0.3) is 0 Å². The average molecular weight is 445 g/mol. The number of carbonyl (C=O) groups excluding carboxylic acids is 1. The molecule has 1 aliphatic heterocycles. The summed E-state index contributed by atoms with van der Waals surface area (Å²) in [5.74, 6) is 0.0690. The minimum atomic E-state index is -4.64.